The summed E-state index contributed by atoms with van der Waals surface area (Å²) < 4.78 is 0. The normalized spacial score (nSPS) is 11.1. The van der Waals surface area contributed by atoms with Gasteiger partial charge in [-0.1, -0.05) is 6.08 Å². The number of hydrazone groups is 1. The van der Waals surface area contributed by atoms with Crippen LogP contribution >= 0.6 is 0 Å². The van der Waals surface area contributed by atoms with Gasteiger partial charge >= 0.3 is 0 Å². The quantitative estimate of drug-likeness (QED) is 0.406. The first kappa shape index (κ1) is 6.21. The van der Waals surface area contributed by atoms with Crippen molar-refractivity contribution < 1.29 is 0 Å². The predicted molar refractivity (Wildman–Crippen MR) is 32.1 cm³/mol. The fraction of sp³-hybridized carbons (Fsp3) is 0.400. The van der Waals surface area contributed by atoms with E-state index in [9.17, 15) is 0 Å². The van der Waals surface area contributed by atoms with E-state index in [4.69, 9.17) is 0 Å². The topological polar surface area (TPSA) is 24.4 Å². The standard InChI is InChI=1S/C5H10N2/c1-3-5-7-6-4-2/h3-5,7H,1-2H3/b5-3+,6-4-. The summed E-state index contributed by atoms with van der Waals surface area (Å²) in [6, 6.07) is 0. The molecule has 40 valence electrons. The maximum atomic E-state index is 3.70. The predicted octanol–water partition coefficient (Wildman–Crippen LogP) is 1.12. The van der Waals surface area contributed by atoms with E-state index in [0.29, 0.717) is 0 Å². The maximum Gasteiger partial charge on any atom is 0.0215 e. The van der Waals surface area contributed by atoms with E-state index in [1.807, 2.05) is 19.9 Å². The number of nitrogens with one attached hydrogen (secondary N) is 1. The van der Waals surface area contributed by atoms with Crippen molar-refractivity contribution >= 4 is 6.21 Å². The zero-order valence-corrected chi connectivity index (χ0v) is 4.68. The molecular weight excluding hydrogens is 88.1 g/mol. The lowest BCUT2D eigenvalue weighted by Gasteiger charge is -1.81. The van der Waals surface area contributed by atoms with Gasteiger partial charge in [0.25, 0.3) is 0 Å². The average Bonchev–Trinajstić information content (AvgIpc) is 1.69. The van der Waals surface area contributed by atoms with E-state index >= 15 is 0 Å². The summed E-state index contributed by atoms with van der Waals surface area (Å²) in [7, 11) is 0. The van der Waals surface area contributed by atoms with Crippen LogP contribution < -0.4 is 5.43 Å². The summed E-state index contributed by atoms with van der Waals surface area (Å²) in [5, 5.41) is 3.70. The summed E-state index contributed by atoms with van der Waals surface area (Å²) in [5.74, 6) is 0. The van der Waals surface area contributed by atoms with Crippen molar-refractivity contribution in [3.8, 4) is 0 Å². The Bertz CT molecular complexity index is 64.1. The van der Waals surface area contributed by atoms with Crippen molar-refractivity contribution in [2.24, 2.45) is 5.10 Å². The van der Waals surface area contributed by atoms with Crippen LogP contribution in [0.1, 0.15) is 13.8 Å². The second kappa shape index (κ2) is 5.21. The minimum absolute atomic E-state index is 1.69. The first-order valence-electron chi connectivity index (χ1n) is 2.26. The number of hydrogen-bond acceptors (Lipinski definition) is 2. The zero-order valence-electron chi connectivity index (χ0n) is 4.68. The van der Waals surface area contributed by atoms with Crippen LogP contribution in [0.4, 0.5) is 0 Å². The minimum Gasteiger partial charge on any atom is -0.286 e. The Morgan fingerprint density at radius 3 is 2.57 bits per heavy atom. The van der Waals surface area contributed by atoms with Gasteiger partial charge in [0.2, 0.25) is 0 Å². The number of allylic oxidation sites excluding steroid dienone is 1. The summed E-state index contributed by atoms with van der Waals surface area (Å²) >= 11 is 0. The molecule has 2 nitrogen and oxygen atoms in total. The van der Waals surface area contributed by atoms with Crippen molar-refractivity contribution in [1.29, 1.82) is 0 Å². The fourth-order valence-corrected chi connectivity index (χ4v) is 0.192. The molecule has 0 saturated carbocycles. The van der Waals surface area contributed by atoms with Crippen LogP contribution in [-0.4, -0.2) is 6.21 Å². The van der Waals surface area contributed by atoms with Gasteiger partial charge in [-0.2, -0.15) is 5.10 Å². The highest BCUT2D eigenvalue weighted by Gasteiger charge is 1.55. The monoisotopic (exact) mass is 98.1 g/mol. The first-order chi connectivity index (χ1) is 3.41. The Kier molecular flexibility index (Phi) is 4.62. The largest absolute Gasteiger partial charge is 0.286 e. The molecular formula is C5H10N2. The van der Waals surface area contributed by atoms with Crippen LogP contribution in [0.3, 0.4) is 0 Å². The van der Waals surface area contributed by atoms with Crippen LogP contribution in [0, 0.1) is 0 Å². The molecule has 0 radical (unpaired) electrons. The number of nitrogens with zero attached hydrogens (tertiary/aromatic N) is 1. The SMILES string of the molecule is C/C=N\N/C=C/C. The second-order valence-corrected chi connectivity index (χ2v) is 1.02. The van der Waals surface area contributed by atoms with Gasteiger partial charge in [-0.05, 0) is 13.8 Å². The molecule has 1 N–H and O–H groups in total. The molecule has 0 aliphatic carbocycles. The molecule has 0 fully saturated rings. The van der Waals surface area contributed by atoms with Gasteiger partial charge in [0.05, 0.1) is 0 Å². The van der Waals surface area contributed by atoms with Crippen LogP contribution in [-0.2, 0) is 0 Å². The molecule has 0 amide bonds. The first-order valence-corrected chi connectivity index (χ1v) is 2.26. The van der Waals surface area contributed by atoms with E-state index < -0.39 is 0 Å². The fourth-order valence-electron chi connectivity index (χ4n) is 0.192. The van der Waals surface area contributed by atoms with Crippen molar-refractivity contribution in [3.05, 3.63) is 12.3 Å². The molecule has 0 bridgehead atoms. The Morgan fingerprint density at radius 2 is 2.14 bits per heavy atom. The van der Waals surface area contributed by atoms with E-state index in [1.165, 1.54) is 0 Å². The highest BCUT2D eigenvalue weighted by Crippen LogP contribution is 1.60. The number of hydrogen-bond donors (Lipinski definition) is 1. The van der Waals surface area contributed by atoms with Crippen molar-refractivity contribution in [3.63, 3.8) is 0 Å². The Balaban J connectivity index is 2.98. The molecule has 0 atom stereocenters. The summed E-state index contributed by atoms with van der Waals surface area (Å²) in [4.78, 5) is 0. The van der Waals surface area contributed by atoms with Gasteiger partial charge in [0.1, 0.15) is 0 Å². The Labute approximate surface area is 43.9 Å². The highest BCUT2D eigenvalue weighted by molar-refractivity contribution is 5.52. The van der Waals surface area contributed by atoms with Crippen molar-refractivity contribution in [1.82, 2.24) is 5.43 Å². The second-order valence-electron chi connectivity index (χ2n) is 1.02. The molecule has 0 saturated heterocycles. The van der Waals surface area contributed by atoms with Gasteiger partial charge < -0.3 is 0 Å². The van der Waals surface area contributed by atoms with E-state index in [0.717, 1.165) is 0 Å². The van der Waals surface area contributed by atoms with Gasteiger partial charge in [-0.15, -0.1) is 0 Å². The third kappa shape index (κ3) is 5.21. The van der Waals surface area contributed by atoms with E-state index in [1.54, 1.807) is 12.4 Å². The maximum absolute atomic E-state index is 3.70. The lowest BCUT2D eigenvalue weighted by molar-refractivity contribution is 0.971. The highest BCUT2D eigenvalue weighted by atomic mass is 15.3. The smallest absolute Gasteiger partial charge is 0.0215 e. The molecule has 0 heterocycles. The van der Waals surface area contributed by atoms with Gasteiger partial charge in [0, 0.05) is 12.4 Å². The van der Waals surface area contributed by atoms with E-state index in [-0.39, 0.29) is 0 Å². The average molecular weight is 98.1 g/mol. The molecule has 0 aliphatic rings. The van der Waals surface area contributed by atoms with Crippen molar-refractivity contribution in [2.75, 3.05) is 0 Å². The van der Waals surface area contributed by atoms with Gasteiger partial charge in [-0.25, -0.2) is 0 Å². The molecule has 0 aromatic rings. The van der Waals surface area contributed by atoms with Crippen LogP contribution in [0.2, 0.25) is 0 Å². The van der Waals surface area contributed by atoms with Gasteiger partial charge in [0.15, 0.2) is 0 Å². The lowest BCUT2D eigenvalue weighted by atomic mass is 10.7. The third-order valence-corrected chi connectivity index (χ3v) is 0.445. The van der Waals surface area contributed by atoms with E-state index in [2.05, 4.69) is 10.5 Å². The summed E-state index contributed by atoms with van der Waals surface area (Å²) in [6.45, 7) is 3.79. The zero-order chi connectivity index (χ0) is 5.54. The molecule has 0 spiro atoms. The minimum atomic E-state index is 1.69. The lowest BCUT2D eigenvalue weighted by Crippen LogP contribution is -1.90. The molecule has 0 aliphatic heterocycles. The summed E-state index contributed by atoms with van der Waals surface area (Å²) in [5.41, 5.74) is 2.67. The van der Waals surface area contributed by atoms with Crippen LogP contribution in [0.15, 0.2) is 17.4 Å². The molecule has 0 aromatic carbocycles. The molecule has 0 aromatic heterocycles. The Hall–Kier alpha value is -0.790. The summed E-state index contributed by atoms with van der Waals surface area (Å²) in [6.07, 6.45) is 5.34. The molecule has 7 heavy (non-hydrogen) atoms. The Morgan fingerprint density at radius 1 is 1.43 bits per heavy atom. The molecule has 0 rings (SSSR count). The van der Waals surface area contributed by atoms with Crippen LogP contribution in [0.25, 0.3) is 0 Å². The molecule has 0 unspecified atom stereocenters. The van der Waals surface area contributed by atoms with Crippen LogP contribution in [0.5, 0.6) is 0 Å². The molecule has 2 heteroatoms. The van der Waals surface area contributed by atoms with Gasteiger partial charge in [-0.3, -0.25) is 5.43 Å². The number of rotatable bonds is 2. The van der Waals surface area contributed by atoms with Crippen molar-refractivity contribution in [2.45, 2.75) is 13.8 Å². The third-order valence-electron chi connectivity index (χ3n) is 0.445.